The molecule has 0 fully saturated rings. The molecule has 1 heterocycles. The Morgan fingerprint density at radius 3 is 2.95 bits per heavy atom. The van der Waals surface area contributed by atoms with Crippen LogP contribution in [0, 0.1) is 0 Å². The number of nitrogens with zero attached hydrogens (tertiary/aromatic N) is 2. The van der Waals surface area contributed by atoms with Gasteiger partial charge in [0.2, 0.25) is 0 Å². The molecule has 0 unspecified atom stereocenters. The van der Waals surface area contributed by atoms with Crippen LogP contribution in [0.25, 0.3) is 0 Å². The zero-order valence-corrected chi connectivity index (χ0v) is 12.6. The molecule has 2 aromatic rings. The van der Waals surface area contributed by atoms with Crippen LogP contribution in [0.3, 0.4) is 0 Å². The monoisotopic (exact) mass is 355 g/mol. The second-order valence-corrected chi connectivity index (χ2v) is 5.22. The predicted octanol–water partition coefficient (Wildman–Crippen LogP) is 3.17. The highest BCUT2D eigenvalue weighted by molar-refractivity contribution is 9.10. The summed E-state index contributed by atoms with van der Waals surface area (Å²) in [5, 5.41) is 12.1. The third-order valence-electron chi connectivity index (χ3n) is 2.50. The topological polar surface area (TPSA) is 80.7 Å². The van der Waals surface area contributed by atoms with Crippen LogP contribution >= 0.6 is 27.5 Å². The zero-order valence-electron chi connectivity index (χ0n) is 10.3. The molecule has 0 aliphatic heterocycles. The maximum Gasteiger partial charge on any atom is 0.175 e. The minimum Gasteiger partial charge on any atom is -0.488 e. The normalized spacial score (nSPS) is 11.4. The van der Waals surface area contributed by atoms with Crippen molar-refractivity contribution in [3.05, 3.63) is 57.3 Å². The lowest BCUT2D eigenvalue weighted by molar-refractivity contribution is 0.302. The zero-order chi connectivity index (χ0) is 14.5. The molecule has 3 N–H and O–H groups in total. The lowest BCUT2D eigenvalue weighted by Crippen LogP contribution is -2.15. The SMILES string of the molecule is N/C(=N/O)c1c(Cl)cccc1OCc1cncc(Br)c1. The fraction of sp³-hybridized carbons (Fsp3) is 0.0769. The fourth-order valence-electron chi connectivity index (χ4n) is 1.62. The summed E-state index contributed by atoms with van der Waals surface area (Å²) in [4.78, 5) is 4.05. The molecule has 2 rings (SSSR count). The smallest absolute Gasteiger partial charge is 0.175 e. The van der Waals surface area contributed by atoms with E-state index in [1.807, 2.05) is 6.07 Å². The van der Waals surface area contributed by atoms with Crippen LogP contribution in [0.1, 0.15) is 11.1 Å². The summed E-state index contributed by atoms with van der Waals surface area (Å²) in [6.45, 7) is 0.290. The number of pyridine rings is 1. The van der Waals surface area contributed by atoms with Gasteiger partial charge < -0.3 is 15.7 Å². The van der Waals surface area contributed by atoms with Gasteiger partial charge in [-0.05, 0) is 34.1 Å². The second-order valence-electron chi connectivity index (χ2n) is 3.90. The molecule has 7 heteroatoms. The summed E-state index contributed by atoms with van der Waals surface area (Å²) in [7, 11) is 0. The van der Waals surface area contributed by atoms with E-state index in [0.29, 0.717) is 22.9 Å². The lowest BCUT2D eigenvalue weighted by Gasteiger charge is -2.12. The van der Waals surface area contributed by atoms with Crippen LogP contribution in [0.15, 0.2) is 46.3 Å². The van der Waals surface area contributed by atoms with Gasteiger partial charge in [0, 0.05) is 22.4 Å². The average Bonchev–Trinajstić information content (AvgIpc) is 2.44. The average molecular weight is 357 g/mol. The molecule has 0 atom stereocenters. The Hall–Kier alpha value is -1.79. The Balaban J connectivity index is 2.24. The minimum absolute atomic E-state index is 0.0991. The molecule has 104 valence electrons. The summed E-state index contributed by atoms with van der Waals surface area (Å²) < 4.78 is 6.53. The number of aromatic nitrogens is 1. The van der Waals surface area contributed by atoms with E-state index in [1.165, 1.54) is 0 Å². The van der Waals surface area contributed by atoms with Crippen molar-refractivity contribution in [2.24, 2.45) is 10.9 Å². The van der Waals surface area contributed by atoms with E-state index < -0.39 is 0 Å². The van der Waals surface area contributed by atoms with Gasteiger partial charge in [-0.25, -0.2) is 0 Å². The number of halogens is 2. The van der Waals surface area contributed by atoms with Crippen molar-refractivity contribution >= 4 is 33.4 Å². The van der Waals surface area contributed by atoms with E-state index in [2.05, 4.69) is 26.1 Å². The number of oxime groups is 1. The van der Waals surface area contributed by atoms with E-state index in [4.69, 9.17) is 27.3 Å². The van der Waals surface area contributed by atoms with Crippen LogP contribution < -0.4 is 10.5 Å². The largest absolute Gasteiger partial charge is 0.488 e. The van der Waals surface area contributed by atoms with Crippen molar-refractivity contribution in [3.63, 3.8) is 0 Å². The van der Waals surface area contributed by atoms with Gasteiger partial charge in [0.15, 0.2) is 5.84 Å². The number of amidine groups is 1. The van der Waals surface area contributed by atoms with E-state index in [1.54, 1.807) is 30.6 Å². The van der Waals surface area contributed by atoms with Crippen LogP contribution in [-0.4, -0.2) is 16.0 Å². The fourth-order valence-corrected chi connectivity index (χ4v) is 2.29. The van der Waals surface area contributed by atoms with E-state index in [0.717, 1.165) is 10.0 Å². The molecule has 0 amide bonds. The molecule has 0 aliphatic carbocycles. The molecule has 0 spiro atoms. The molecule has 0 radical (unpaired) electrons. The van der Waals surface area contributed by atoms with Gasteiger partial charge in [-0.2, -0.15) is 0 Å². The maximum atomic E-state index is 8.79. The second kappa shape index (κ2) is 6.58. The van der Waals surface area contributed by atoms with Crippen molar-refractivity contribution in [1.82, 2.24) is 4.98 Å². The molecule has 1 aromatic heterocycles. The minimum atomic E-state index is -0.0991. The Morgan fingerprint density at radius 1 is 1.45 bits per heavy atom. The predicted molar refractivity (Wildman–Crippen MR) is 80.2 cm³/mol. The Bertz CT molecular complexity index is 649. The summed E-state index contributed by atoms with van der Waals surface area (Å²) in [6, 6.07) is 6.96. The van der Waals surface area contributed by atoms with Gasteiger partial charge >= 0.3 is 0 Å². The standard InChI is InChI=1S/C13H11BrClN3O2/c14-9-4-8(5-17-6-9)7-20-11-3-1-2-10(15)12(11)13(16)18-19/h1-6,19H,7H2,(H2,16,18). The number of benzene rings is 1. The quantitative estimate of drug-likeness (QED) is 0.381. The Morgan fingerprint density at radius 2 is 2.25 bits per heavy atom. The van der Waals surface area contributed by atoms with Gasteiger partial charge in [-0.15, -0.1) is 0 Å². The first-order valence-electron chi connectivity index (χ1n) is 5.60. The van der Waals surface area contributed by atoms with E-state index in [-0.39, 0.29) is 5.84 Å². The van der Waals surface area contributed by atoms with Crippen LogP contribution in [-0.2, 0) is 6.61 Å². The Labute approximate surface area is 129 Å². The number of rotatable bonds is 4. The van der Waals surface area contributed by atoms with Crippen LogP contribution in [0.5, 0.6) is 5.75 Å². The third-order valence-corrected chi connectivity index (χ3v) is 3.24. The van der Waals surface area contributed by atoms with Crippen LogP contribution in [0.4, 0.5) is 0 Å². The lowest BCUT2D eigenvalue weighted by atomic mass is 10.2. The highest BCUT2D eigenvalue weighted by Crippen LogP contribution is 2.27. The van der Waals surface area contributed by atoms with E-state index >= 15 is 0 Å². The number of hydrogen-bond acceptors (Lipinski definition) is 4. The molecule has 0 bridgehead atoms. The summed E-state index contributed by atoms with van der Waals surface area (Å²) in [6.07, 6.45) is 3.38. The number of ether oxygens (including phenoxy) is 1. The first-order valence-corrected chi connectivity index (χ1v) is 6.77. The Kier molecular flexibility index (Phi) is 4.81. The molecular weight excluding hydrogens is 346 g/mol. The van der Waals surface area contributed by atoms with Crippen molar-refractivity contribution < 1.29 is 9.94 Å². The third kappa shape index (κ3) is 3.40. The first-order chi connectivity index (χ1) is 9.61. The van der Waals surface area contributed by atoms with E-state index in [9.17, 15) is 0 Å². The van der Waals surface area contributed by atoms with Gasteiger partial charge in [-0.3, -0.25) is 4.98 Å². The van der Waals surface area contributed by atoms with Gasteiger partial charge in [-0.1, -0.05) is 22.8 Å². The van der Waals surface area contributed by atoms with Crippen molar-refractivity contribution in [2.75, 3.05) is 0 Å². The molecule has 0 saturated heterocycles. The van der Waals surface area contributed by atoms with Gasteiger partial charge in [0.25, 0.3) is 0 Å². The highest BCUT2D eigenvalue weighted by Gasteiger charge is 2.13. The molecule has 20 heavy (non-hydrogen) atoms. The molecule has 5 nitrogen and oxygen atoms in total. The number of hydrogen-bond donors (Lipinski definition) is 2. The van der Waals surface area contributed by atoms with Gasteiger partial charge in [0.1, 0.15) is 12.4 Å². The van der Waals surface area contributed by atoms with Gasteiger partial charge in [0.05, 0.1) is 10.6 Å². The van der Waals surface area contributed by atoms with Crippen molar-refractivity contribution in [1.29, 1.82) is 0 Å². The van der Waals surface area contributed by atoms with Crippen molar-refractivity contribution in [3.8, 4) is 5.75 Å². The number of nitrogens with two attached hydrogens (primary N) is 1. The molecular formula is C13H11BrClN3O2. The van der Waals surface area contributed by atoms with Crippen LogP contribution in [0.2, 0.25) is 5.02 Å². The molecule has 0 saturated carbocycles. The van der Waals surface area contributed by atoms with Crippen molar-refractivity contribution in [2.45, 2.75) is 6.61 Å². The summed E-state index contributed by atoms with van der Waals surface area (Å²) >= 11 is 9.38. The molecule has 0 aliphatic rings. The summed E-state index contributed by atoms with van der Waals surface area (Å²) in [5.74, 6) is 0.339. The summed E-state index contributed by atoms with van der Waals surface area (Å²) in [5.41, 5.74) is 6.84. The maximum absolute atomic E-state index is 8.79. The first kappa shape index (κ1) is 14.6. The molecule has 1 aromatic carbocycles. The highest BCUT2D eigenvalue weighted by atomic mass is 79.9.